The number of hydrogen-bond acceptors (Lipinski definition) is 4. The quantitative estimate of drug-likeness (QED) is 0.789. The molecule has 2 fully saturated rings. The molecule has 0 radical (unpaired) electrons. The van der Waals surface area contributed by atoms with E-state index in [1.807, 2.05) is 4.90 Å². The number of halogens is 2. The average molecular weight is 435 g/mol. The molecule has 2 saturated heterocycles. The Kier molecular flexibility index (Phi) is 6.69. The van der Waals surface area contributed by atoms with Crippen LogP contribution in [0.4, 0.5) is 0 Å². The number of rotatable bonds is 4. The fourth-order valence-electron chi connectivity index (χ4n) is 3.83. The minimum Gasteiger partial charge on any atom is -0.396 e. The van der Waals surface area contributed by atoms with Gasteiger partial charge in [0.1, 0.15) is 4.90 Å². The fourth-order valence-corrected chi connectivity index (χ4v) is 6.04. The number of aliphatic hydroxyl groups excluding tert-OH is 1. The van der Waals surface area contributed by atoms with Crippen molar-refractivity contribution in [3.8, 4) is 0 Å². The van der Waals surface area contributed by atoms with Gasteiger partial charge in [0.15, 0.2) is 0 Å². The molecule has 2 aliphatic heterocycles. The third kappa shape index (κ3) is 4.59. The van der Waals surface area contributed by atoms with E-state index in [-0.39, 0.29) is 47.4 Å². The molecule has 0 bridgehead atoms. The Bertz CT molecular complexity index is 795. The lowest BCUT2D eigenvalue weighted by molar-refractivity contribution is -0.138. The maximum absolute atomic E-state index is 12.9. The number of benzene rings is 1. The Morgan fingerprint density at radius 1 is 1.15 bits per heavy atom. The third-order valence-electron chi connectivity index (χ3n) is 5.40. The molecule has 3 rings (SSSR count). The lowest BCUT2D eigenvalue weighted by Crippen LogP contribution is -2.47. The molecule has 1 atom stereocenters. The van der Waals surface area contributed by atoms with Gasteiger partial charge in [-0.3, -0.25) is 4.79 Å². The first-order valence-electron chi connectivity index (χ1n) is 9.17. The van der Waals surface area contributed by atoms with Crippen LogP contribution in [-0.4, -0.2) is 61.4 Å². The maximum Gasteiger partial charge on any atom is 0.244 e. The van der Waals surface area contributed by atoms with Gasteiger partial charge in [-0.05, 0) is 49.8 Å². The summed E-state index contributed by atoms with van der Waals surface area (Å²) in [6.07, 6.45) is 2.81. The minimum atomic E-state index is -3.74. The zero-order valence-corrected chi connectivity index (χ0v) is 17.3. The summed E-state index contributed by atoms with van der Waals surface area (Å²) in [7, 11) is -3.74. The zero-order chi connectivity index (χ0) is 19.6. The Balaban J connectivity index is 1.64. The van der Waals surface area contributed by atoms with Crippen molar-refractivity contribution in [2.45, 2.75) is 30.6 Å². The van der Waals surface area contributed by atoms with Crippen LogP contribution in [-0.2, 0) is 14.8 Å². The van der Waals surface area contributed by atoms with Crippen molar-refractivity contribution < 1.29 is 18.3 Å². The van der Waals surface area contributed by atoms with Crippen LogP contribution in [0.5, 0.6) is 0 Å². The van der Waals surface area contributed by atoms with Gasteiger partial charge in [-0.25, -0.2) is 8.42 Å². The lowest BCUT2D eigenvalue weighted by Gasteiger charge is -2.37. The summed E-state index contributed by atoms with van der Waals surface area (Å²) >= 11 is 12.0. The first kappa shape index (κ1) is 20.9. The van der Waals surface area contributed by atoms with Gasteiger partial charge in [-0.15, -0.1) is 0 Å². The van der Waals surface area contributed by atoms with Gasteiger partial charge in [-0.2, -0.15) is 4.31 Å². The van der Waals surface area contributed by atoms with Crippen molar-refractivity contribution >= 4 is 39.1 Å². The SMILES string of the molecule is O=C(C1CCN(S(=O)(=O)c2cc(Cl)ccc2Cl)CC1)N1CCCC(CO)C1. The van der Waals surface area contributed by atoms with Crippen LogP contribution in [0.3, 0.4) is 0 Å². The van der Waals surface area contributed by atoms with E-state index in [2.05, 4.69) is 0 Å². The number of carbonyl (C=O) groups excluding carboxylic acids is 1. The molecule has 1 N–H and O–H groups in total. The van der Waals surface area contributed by atoms with Gasteiger partial charge in [-0.1, -0.05) is 23.2 Å². The highest BCUT2D eigenvalue weighted by atomic mass is 35.5. The number of likely N-dealkylation sites (tertiary alicyclic amines) is 1. The number of piperidine rings is 2. The predicted molar refractivity (Wildman–Crippen MR) is 104 cm³/mol. The zero-order valence-electron chi connectivity index (χ0n) is 15.0. The van der Waals surface area contributed by atoms with Gasteiger partial charge in [0.25, 0.3) is 0 Å². The standard InChI is InChI=1S/C18H24Cl2N2O4S/c19-15-3-4-16(20)17(10-15)27(25,26)22-8-5-14(6-9-22)18(24)21-7-1-2-13(11-21)12-23/h3-4,10,13-14,23H,1-2,5-9,11-12H2. The van der Waals surface area contributed by atoms with E-state index >= 15 is 0 Å². The van der Waals surface area contributed by atoms with Crippen LogP contribution in [0.15, 0.2) is 23.1 Å². The molecule has 1 aromatic carbocycles. The number of carbonyl (C=O) groups is 1. The summed E-state index contributed by atoms with van der Waals surface area (Å²) in [6.45, 7) is 1.95. The molecule has 2 aliphatic rings. The molecular weight excluding hydrogens is 411 g/mol. The van der Waals surface area contributed by atoms with Gasteiger partial charge in [0.2, 0.25) is 15.9 Å². The molecule has 150 valence electrons. The van der Waals surface area contributed by atoms with Crippen molar-refractivity contribution in [1.82, 2.24) is 9.21 Å². The Hall–Kier alpha value is -0.860. The lowest BCUT2D eigenvalue weighted by atomic mass is 9.93. The Labute approximate surface area is 170 Å². The first-order valence-corrected chi connectivity index (χ1v) is 11.4. The second-order valence-electron chi connectivity index (χ2n) is 7.23. The van der Waals surface area contributed by atoms with E-state index < -0.39 is 10.0 Å². The Morgan fingerprint density at radius 2 is 1.85 bits per heavy atom. The third-order valence-corrected chi connectivity index (χ3v) is 8.02. The number of sulfonamides is 1. The summed E-state index contributed by atoms with van der Waals surface area (Å²) in [5.74, 6) is 0.0443. The van der Waals surface area contributed by atoms with Gasteiger partial charge >= 0.3 is 0 Å². The summed E-state index contributed by atoms with van der Waals surface area (Å²) in [4.78, 5) is 14.6. The Morgan fingerprint density at radius 3 is 2.52 bits per heavy atom. The highest BCUT2D eigenvalue weighted by Crippen LogP contribution is 2.31. The fraction of sp³-hybridized carbons (Fsp3) is 0.611. The molecule has 1 amide bonds. The molecule has 6 nitrogen and oxygen atoms in total. The topological polar surface area (TPSA) is 77.9 Å². The molecule has 27 heavy (non-hydrogen) atoms. The predicted octanol–water partition coefficient (Wildman–Crippen LogP) is 2.63. The molecular formula is C18H24Cl2N2O4S. The largest absolute Gasteiger partial charge is 0.396 e. The normalized spacial score (nSPS) is 22.8. The van der Waals surface area contributed by atoms with Crippen LogP contribution >= 0.6 is 23.2 Å². The molecule has 0 saturated carbocycles. The van der Waals surface area contributed by atoms with Gasteiger partial charge < -0.3 is 10.0 Å². The van der Waals surface area contributed by atoms with Crippen molar-refractivity contribution in [3.63, 3.8) is 0 Å². The smallest absolute Gasteiger partial charge is 0.244 e. The summed E-state index contributed by atoms with van der Waals surface area (Å²) < 4.78 is 27.1. The molecule has 0 aliphatic carbocycles. The highest BCUT2D eigenvalue weighted by Gasteiger charge is 2.35. The highest BCUT2D eigenvalue weighted by molar-refractivity contribution is 7.89. The number of amides is 1. The van der Waals surface area contributed by atoms with E-state index in [4.69, 9.17) is 23.2 Å². The summed E-state index contributed by atoms with van der Waals surface area (Å²) in [5.41, 5.74) is 0. The van der Waals surface area contributed by atoms with Crippen molar-refractivity contribution in [3.05, 3.63) is 28.2 Å². The van der Waals surface area contributed by atoms with E-state index in [9.17, 15) is 18.3 Å². The number of nitrogens with zero attached hydrogens (tertiary/aromatic N) is 2. The maximum atomic E-state index is 12.9. The van der Waals surface area contributed by atoms with E-state index in [1.54, 1.807) is 6.07 Å². The number of hydrogen-bond donors (Lipinski definition) is 1. The van der Waals surface area contributed by atoms with Crippen LogP contribution in [0.2, 0.25) is 10.0 Å². The average Bonchev–Trinajstić information content (AvgIpc) is 2.69. The summed E-state index contributed by atoms with van der Waals surface area (Å²) in [6, 6.07) is 4.38. The monoisotopic (exact) mass is 434 g/mol. The number of aliphatic hydroxyl groups is 1. The molecule has 2 heterocycles. The molecule has 9 heteroatoms. The van der Waals surface area contributed by atoms with E-state index in [1.165, 1.54) is 16.4 Å². The minimum absolute atomic E-state index is 0.00302. The first-order chi connectivity index (χ1) is 12.8. The molecule has 1 unspecified atom stereocenters. The second-order valence-corrected chi connectivity index (χ2v) is 9.98. The van der Waals surface area contributed by atoms with Crippen molar-refractivity contribution in [2.75, 3.05) is 32.8 Å². The summed E-state index contributed by atoms with van der Waals surface area (Å²) in [5, 5.41) is 9.80. The van der Waals surface area contributed by atoms with Crippen molar-refractivity contribution in [2.24, 2.45) is 11.8 Å². The van der Waals surface area contributed by atoms with Gasteiger partial charge in [0, 0.05) is 43.7 Å². The van der Waals surface area contributed by atoms with Crippen LogP contribution < -0.4 is 0 Å². The molecule has 0 aromatic heterocycles. The molecule has 1 aromatic rings. The molecule has 0 spiro atoms. The van der Waals surface area contributed by atoms with E-state index in [0.717, 1.165) is 12.8 Å². The van der Waals surface area contributed by atoms with Crippen LogP contribution in [0.1, 0.15) is 25.7 Å². The van der Waals surface area contributed by atoms with Crippen LogP contribution in [0, 0.1) is 11.8 Å². The van der Waals surface area contributed by atoms with Crippen LogP contribution in [0.25, 0.3) is 0 Å². The van der Waals surface area contributed by atoms with Crippen molar-refractivity contribution in [1.29, 1.82) is 0 Å². The van der Waals surface area contributed by atoms with Gasteiger partial charge in [0.05, 0.1) is 5.02 Å². The second kappa shape index (κ2) is 8.66. The van der Waals surface area contributed by atoms with E-state index in [0.29, 0.717) is 31.0 Å².